The molecule has 0 unspecified atom stereocenters. The number of anilines is 2. The Balaban J connectivity index is 1.08. The Morgan fingerprint density at radius 2 is 1.45 bits per heavy atom. The molecule has 13 nitrogen and oxygen atoms in total. The van der Waals surface area contributed by atoms with Crippen LogP contribution in [0.15, 0.2) is 40.2 Å². The van der Waals surface area contributed by atoms with Crippen molar-refractivity contribution in [2.75, 3.05) is 69.2 Å². The van der Waals surface area contributed by atoms with E-state index in [0.717, 1.165) is 51.9 Å². The molecule has 0 bridgehead atoms. The third kappa shape index (κ3) is 5.13. The van der Waals surface area contributed by atoms with Crippen molar-refractivity contribution in [3.8, 4) is 22.0 Å². The van der Waals surface area contributed by atoms with Gasteiger partial charge in [-0.15, -0.1) is 10.2 Å². The monoisotopic (exact) mass is 711 g/mol. The largest absolute Gasteiger partial charge is 0.367 e. The van der Waals surface area contributed by atoms with Gasteiger partial charge in [0.2, 0.25) is 16.3 Å². The van der Waals surface area contributed by atoms with E-state index in [0.29, 0.717) is 69.5 Å². The maximum Gasteiger partial charge on any atom is 0.237 e. The molecule has 0 atom stereocenters. The highest BCUT2D eigenvalue weighted by atomic mass is 32.1. The summed E-state index contributed by atoms with van der Waals surface area (Å²) in [5.74, 6) is -0.912. The Labute approximate surface area is 293 Å². The predicted octanol–water partition coefficient (Wildman–Crippen LogP) is 3.65. The van der Waals surface area contributed by atoms with Crippen LogP contribution >= 0.6 is 11.3 Å². The molecule has 1 aromatic carbocycles. The smallest absolute Gasteiger partial charge is 0.237 e. The second-order valence-electron chi connectivity index (χ2n) is 14.2. The molecule has 2 saturated carbocycles. The predicted molar refractivity (Wildman–Crippen MR) is 192 cm³/mol. The fraction of sp³-hybridized carbons (Fsp3) is 0.429. The molecule has 1 N–H and O–H groups in total. The zero-order valence-corrected chi connectivity index (χ0v) is 28.8. The number of fused-ring (bicyclic) bond motifs is 3. The second-order valence-corrected chi connectivity index (χ2v) is 15.1. The van der Waals surface area contributed by atoms with Crippen molar-refractivity contribution in [1.29, 1.82) is 0 Å². The highest BCUT2D eigenvalue weighted by Gasteiger charge is 2.31. The molecular formula is C35H35F2N11O2S. The van der Waals surface area contributed by atoms with Gasteiger partial charge in [-0.3, -0.25) is 9.59 Å². The molecule has 10 rings (SSSR count). The van der Waals surface area contributed by atoms with Gasteiger partial charge in [-0.25, -0.2) is 9.37 Å². The lowest BCUT2D eigenvalue weighted by molar-refractivity contribution is 0.311. The molecule has 2 aliphatic carbocycles. The van der Waals surface area contributed by atoms with Crippen LogP contribution in [0.1, 0.15) is 37.8 Å². The van der Waals surface area contributed by atoms with Crippen molar-refractivity contribution >= 4 is 49.6 Å². The summed E-state index contributed by atoms with van der Waals surface area (Å²) in [5, 5.41) is 17.4. The van der Waals surface area contributed by atoms with Crippen LogP contribution in [-0.2, 0) is 0 Å². The Morgan fingerprint density at radius 3 is 2.18 bits per heavy atom. The highest BCUT2D eigenvalue weighted by molar-refractivity contribution is 7.19. The first kappa shape index (κ1) is 31.0. The molecule has 0 spiro atoms. The van der Waals surface area contributed by atoms with Crippen LogP contribution in [0.5, 0.6) is 0 Å². The van der Waals surface area contributed by atoms with Crippen LogP contribution in [0.25, 0.3) is 48.9 Å². The fourth-order valence-electron chi connectivity index (χ4n) is 7.52. The third-order valence-corrected chi connectivity index (χ3v) is 11.6. The van der Waals surface area contributed by atoms with E-state index in [1.807, 2.05) is 33.7 Å². The zero-order valence-electron chi connectivity index (χ0n) is 28.0. The van der Waals surface area contributed by atoms with Crippen LogP contribution in [0.3, 0.4) is 0 Å². The summed E-state index contributed by atoms with van der Waals surface area (Å²) >= 11 is 1.17. The average Bonchev–Trinajstić information content (AvgIpc) is 4.07. The maximum atomic E-state index is 15.6. The van der Waals surface area contributed by atoms with E-state index >= 15 is 8.78 Å². The van der Waals surface area contributed by atoms with E-state index in [2.05, 4.69) is 30.0 Å². The number of aromatic nitrogens is 7. The van der Waals surface area contributed by atoms with Gasteiger partial charge in [0.15, 0.2) is 16.3 Å². The first-order valence-corrected chi connectivity index (χ1v) is 18.4. The molecule has 0 amide bonds. The van der Waals surface area contributed by atoms with Gasteiger partial charge in [-0.1, -0.05) is 11.3 Å². The zero-order chi connectivity index (χ0) is 34.5. The third-order valence-electron chi connectivity index (χ3n) is 10.7. The number of nitrogens with one attached hydrogen (secondary N) is 1. The van der Waals surface area contributed by atoms with E-state index in [1.165, 1.54) is 21.9 Å². The van der Waals surface area contributed by atoms with E-state index in [-0.39, 0.29) is 34.4 Å². The lowest BCUT2D eigenvalue weighted by Gasteiger charge is -2.34. The SMILES string of the molecule is CN1CCN(c2cc3c(nc2F)c(=O)c(-c2nnc4sc(-c5cn(C6CC6)c6cc(N7CCNCC7)c(F)cc6c5=O)nn24)cn3C2CC2)CC1. The fourth-order valence-corrected chi connectivity index (χ4v) is 8.37. The van der Waals surface area contributed by atoms with E-state index in [1.54, 1.807) is 12.3 Å². The molecular weight excluding hydrogens is 677 g/mol. The molecule has 4 fully saturated rings. The van der Waals surface area contributed by atoms with Crippen molar-refractivity contribution < 1.29 is 8.78 Å². The van der Waals surface area contributed by atoms with Gasteiger partial charge in [0.1, 0.15) is 11.3 Å². The van der Waals surface area contributed by atoms with Crippen LogP contribution in [-0.4, -0.2) is 98.2 Å². The van der Waals surface area contributed by atoms with Crippen LogP contribution in [0, 0.1) is 11.8 Å². The van der Waals surface area contributed by atoms with Gasteiger partial charge in [-0.05, 0) is 50.9 Å². The summed E-state index contributed by atoms with van der Waals surface area (Å²) in [7, 11) is 2.04. The number of likely N-dealkylation sites (N-methyl/N-ethyl adjacent to an activating group) is 1. The van der Waals surface area contributed by atoms with Crippen molar-refractivity contribution in [2.24, 2.45) is 0 Å². The van der Waals surface area contributed by atoms with E-state index in [4.69, 9.17) is 5.10 Å². The molecule has 2 saturated heterocycles. The second kappa shape index (κ2) is 11.6. The van der Waals surface area contributed by atoms with Gasteiger partial charge >= 0.3 is 0 Å². The number of piperazine rings is 2. The minimum absolute atomic E-state index is 0.0334. The number of hydrogen-bond acceptors (Lipinski definition) is 11. The first-order valence-electron chi connectivity index (χ1n) is 17.6. The van der Waals surface area contributed by atoms with Gasteiger partial charge in [0.05, 0.1) is 33.5 Å². The van der Waals surface area contributed by atoms with Gasteiger partial charge < -0.3 is 29.2 Å². The number of benzene rings is 1. The van der Waals surface area contributed by atoms with E-state index < -0.39 is 17.2 Å². The molecule has 4 aliphatic rings. The summed E-state index contributed by atoms with van der Waals surface area (Å²) in [6.45, 7) is 5.89. The van der Waals surface area contributed by atoms with Gasteiger partial charge in [0, 0.05) is 82.2 Å². The lowest BCUT2D eigenvalue weighted by Crippen LogP contribution is -2.45. The van der Waals surface area contributed by atoms with Gasteiger partial charge in [-0.2, -0.15) is 14.0 Å². The molecule has 7 heterocycles. The van der Waals surface area contributed by atoms with Crippen LogP contribution in [0.2, 0.25) is 0 Å². The summed E-state index contributed by atoms with van der Waals surface area (Å²) in [6, 6.07) is 5.29. The number of pyridine rings is 3. The van der Waals surface area contributed by atoms with Crippen molar-refractivity contribution in [3.63, 3.8) is 0 Å². The minimum atomic E-state index is -0.675. The van der Waals surface area contributed by atoms with Crippen LogP contribution in [0.4, 0.5) is 20.2 Å². The number of rotatable bonds is 6. The summed E-state index contributed by atoms with van der Waals surface area (Å²) in [6.07, 6.45) is 7.39. The number of halogens is 2. The molecule has 0 radical (unpaired) electrons. The summed E-state index contributed by atoms with van der Waals surface area (Å²) in [5.41, 5.74) is 1.98. The Bertz CT molecular complexity index is 2500. The molecule has 262 valence electrons. The Kier molecular flexibility index (Phi) is 7.05. The van der Waals surface area contributed by atoms with E-state index in [9.17, 15) is 9.59 Å². The normalized spacial score (nSPS) is 18.9. The molecule has 5 aromatic heterocycles. The Morgan fingerprint density at radius 1 is 0.784 bits per heavy atom. The highest BCUT2D eigenvalue weighted by Crippen LogP contribution is 2.41. The van der Waals surface area contributed by atoms with Crippen molar-refractivity contribution in [3.05, 3.63) is 62.8 Å². The molecule has 51 heavy (non-hydrogen) atoms. The van der Waals surface area contributed by atoms with Gasteiger partial charge in [0.25, 0.3) is 0 Å². The quantitative estimate of drug-likeness (QED) is 0.257. The minimum Gasteiger partial charge on any atom is -0.367 e. The lowest BCUT2D eigenvalue weighted by atomic mass is 10.1. The number of hydrogen-bond donors (Lipinski definition) is 1. The molecule has 16 heteroatoms. The van der Waals surface area contributed by atoms with Crippen molar-refractivity contribution in [2.45, 2.75) is 37.8 Å². The number of nitrogens with zero attached hydrogens (tertiary/aromatic N) is 10. The average molecular weight is 712 g/mol. The molecule has 6 aromatic rings. The maximum absolute atomic E-state index is 15.6. The standard InChI is InChI=1S/C35H35F2N11O2S/c1-43-10-12-45(13-11-43)28-16-27-29(39-32(28)37)31(50)22(17-47(27)20-4-5-20)33-40-41-35-48(33)42-34(51-35)23-18-46(19-2-3-19)25-15-26(44-8-6-38-7-9-44)24(36)14-21(25)30(23)49/h14-20,38H,2-13H2,1H3. The first-order chi connectivity index (χ1) is 24.8. The molecule has 2 aliphatic heterocycles. The van der Waals surface area contributed by atoms with Crippen molar-refractivity contribution in [1.82, 2.24) is 44.1 Å². The summed E-state index contributed by atoms with van der Waals surface area (Å²) < 4.78 is 36.8. The topological polar surface area (TPSA) is 122 Å². The van der Waals surface area contributed by atoms with Crippen LogP contribution < -0.4 is 26.0 Å². The summed E-state index contributed by atoms with van der Waals surface area (Å²) in [4.78, 5) is 39.0. The Hall–Kier alpha value is -4.80.